The molecule has 1 atom stereocenters. The summed E-state index contributed by atoms with van der Waals surface area (Å²) < 4.78 is 6.17. The van der Waals surface area contributed by atoms with Gasteiger partial charge in [0.2, 0.25) is 5.95 Å². The first-order valence-electron chi connectivity index (χ1n) is 12.9. The molecule has 3 heterocycles. The van der Waals surface area contributed by atoms with E-state index in [1.54, 1.807) is 23.7 Å². The van der Waals surface area contributed by atoms with Gasteiger partial charge in [0.15, 0.2) is 6.61 Å². The number of nitrogens with zero attached hydrogens (tertiary/aromatic N) is 5. The molecule has 0 N–H and O–H groups in total. The highest BCUT2D eigenvalue weighted by atomic mass is 32.1. The minimum Gasteiger partial charge on any atom is -0.483 e. The topological polar surface area (TPSA) is 61.8 Å². The van der Waals surface area contributed by atoms with E-state index in [0.29, 0.717) is 38.7 Å². The van der Waals surface area contributed by atoms with Gasteiger partial charge >= 0.3 is 0 Å². The molecule has 0 unspecified atom stereocenters. The predicted molar refractivity (Wildman–Crippen MR) is 152 cm³/mol. The van der Waals surface area contributed by atoms with Crippen molar-refractivity contribution in [2.45, 2.75) is 19.5 Å². The first-order valence-corrected chi connectivity index (χ1v) is 13.8. The molecule has 2 aromatic carbocycles. The number of amides is 1. The Morgan fingerprint density at radius 1 is 0.974 bits per heavy atom. The van der Waals surface area contributed by atoms with Crippen LogP contribution in [-0.2, 0) is 11.3 Å². The van der Waals surface area contributed by atoms with Gasteiger partial charge in [-0.05, 0) is 54.7 Å². The average Bonchev–Trinajstić information content (AvgIpc) is 3.52. The zero-order valence-electron chi connectivity index (χ0n) is 21.9. The summed E-state index contributed by atoms with van der Waals surface area (Å²) in [4.78, 5) is 29.3. The number of piperazine rings is 1. The van der Waals surface area contributed by atoms with Crippen LogP contribution in [0, 0.1) is 0 Å². The van der Waals surface area contributed by atoms with E-state index in [0.717, 1.165) is 22.4 Å². The van der Waals surface area contributed by atoms with E-state index in [9.17, 15) is 4.79 Å². The Morgan fingerprint density at radius 3 is 2.45 bits per heavy atom. The Morgan fingerprint density at radius 2 is 1.74 bits per heavy atom. The second-order valence-electron chi connectivity index (χ2n) is 9.50. The smallest absolute Gasteiger partial charge is 0.260 e. The second kappa shape index (κ2) is 12.2. The van der Waals surface area contributed by atoms with E-state index in [1.165, 1.54) is 4.88 Å². The first kappa shape index (κ1) is 25.9. The van der Waals surface area contributed by atoms with Crippen molar-refractivity contribution in [3.8, 4) is 16.9 Å². The first-order chi connectivity index (χ1) is 18.6. The molecule has 1 aliphatic heterocycles. The average molecular weight is 528 g/mol. The van der Waals surface area contributed by atoms with Crippen LogP contribution in [0.2, 0.25) is 0 Å². The molecule has 2 aromatic heterocycles. The summed E-state index contributed by atoms with van der Waals surface area (Å²) in [7, 11) is 2.13. The van der Waals surface area contributed by atoms with Gasteiger partial charge in [-0.25, -0.2) is 9.97 Å². The molecule has 8 heteroatoms. The number of anilines is 1. The van der Waals surface area contributed by atoms with Crippen LogP contribution < -0.4 is 9.64 Å². The Hall–Kier alpha value is -3.75. The molecule has 1 saturated heterocycles. The maximum atomic E-state index is 13.0. The van der Waals surface area contributed by atoms with E-state index in [4.69, 9.17) is 4.74 Å². The van der Waals surface area contributed by atoms with Crippen LogP contribution in [0.5, 0.6) is 5.75 Å². The Labute approximate surface area is 228 Å². The summed E-state index contributed by atoms with van der Waals surface area (Å²) in [6.07, 6.45) is 3.49. The third kappa shape index (κ3) is 6.20. The molecular formula is C30H33N5O2S. The highest BCUT2D eigenvalue weighted by molar-refractivity contribution is 7.10. The van der Waals surface area contributed by atoms with Gasteiger partial charge in [-0.3, -0.25) is 9.69 Å². The number of hydrogen-bond acceptors (Lipinski definition) is 7. The summed E-state index contributed by atoms with van der Waals surface area (Å²) in [5.41, 5.74) is 3.36. The van der Waals surface area contributed by atoms with Crippen LogP contribution in [0.3, 0.4) is 0 Å². The second-order valence-corrected chi connectivity index (χ2v) is 10.5. The fourth-order valence-corrected chi connectivity index (χ4v) is 5.50. The summed E-state index contributed by atoms with van der Waals surface area (Å²) in [6, 6.07) is 22.9. The molecule has 1 aliphatic rings. The van der Waals surface area contributed by atoms with Crippen LogP contribution >= 0.6 is 11.3 Å². The molecule has 0 bridgehead atoms. The number of ether oxygens (including phenoxy) is 1. The van der Waals surface area contributed by atoms with Crippen LogP contribution in [0.25, 0.3) is 11.1 Å². The molecule has 4 aromatic rings. The largest absolute Gasteiger partial charge is 0.483 e. The molecule has 0 saturated carbocycles. The predicted octanol–water partition coefficient (Wildman–Crippen LogP) is 5.13. The van der Waals surface area contributed by atoms with Crippen LogP contribution in [0.4, 0.5) is 5.95 Å². The third-order valence-corrected chi connectivity index (χ3v) is 8.06. The van der Waals surface area contributed by atoms with Crippen molar-refractivity contribution in [2.24, 2.45) is 0 Å². The molecule has 5 rings (SSSR count). The van der Waals surface area contributed by atoms with Crippen molar-refractivity contribution < 1.29 is 9.53 Å². The lowest BCUT2D eigenvalue weighted by molar-refractivity contribution is -0.133. The number of benzene rings is 2. The summed E-state index contributed by atoms with van der Waals surface area (Å²) in [5.74, 6) is 1.46. The minimum atomic E-state index is -0.00276. The van der Waals surface area contributed by atoms with E-state index in [-0.39, 0.29) is 18.6 Å². The van der Waals surface area contributed by atoms with Crippen molar-refractivity contribution >= 4 is 23.2 Å². The number of rotatable bonds is 9. The molecule has 196 valence electrons. The van der Waals surface area contributed by atoms with Crippen molar-refractivity contribution in [3.63, 3.8) is 0 Å². The molecule has 1 amide bonds. The molecule has 1 fully saturated rings. The van der Waals surface area contributed by atoms with Gasteiger partial charge < -0.3 is 14.5 Å². The Balaban J connectivity index is 1.26. The van der Waals surface area contributed by atoms with Gasteiger partial charge in [-0.2, -0.15) is 0 Å². The quantitative estimate of drug-likeness (QED) is 0.301. The lowest BCUT2D eigenvalue weighted by atomic mass is 10.0. The molecule has 0 radical (unpaired) electrons. The number of carbonyl (C=O) groups is 1. The van der Waals surface area contributed by atoms with E-state index >= 15 is 0 Å². The van der Waals surface area contributed by atoms with Gasteiger partial charge in [0.1, 0.15) is 5.75 Å². The normalized spacial score (nSPS) is 14.5. The van der Waals surface area contributed by atoms with Gasteiger partial charge in [-0.1, -0.05) is 42.5 Å². The monoisotopic (exact) mass is 527 g/mol. The minimum absolute atomic E-state index is 0.00276. The van der Waals surface area contributed by atoms with Gasteiger partial charge in [0, 0.05) is 61.6 Å². The third-order valence-electron chi connectivity index (χ3n) is 7.02. The maximum Gasteiger partial charge on any atom is 0.260 e. The molecule has 0 aliphatic carbocycles. The Bertz CT molecular complexity index is 1310. The van der Waals surface area contributed by atoms with Crippen molar-refractivity contribution in [1.29, 1.82) is 0 Å². The van der Waals surface area contributed by atoms with Crippen molar-refractivity contribution in [1.82, 2.24) is 19.8 Å². The summed E-state index contributed by atoms with van der Waals surface area (Å²) in [5, 5.41) is 2.11. The maximum absolute atomic E-state index is 13.0. The van der Waals surface area contributed by atoms with E-state index in [1.807, 2.05) is 35.2 Å². The molecule has 7 nitrogen and oxygen atoms in total. The van der Waals surface area contributed by atoms with Gasteiger partial charge in [0.05, 0.1) is 0 Å². The summed E-state index contributed by atoms with van der Waals surface area (Å²) in [6.45, 7) is 5.61. The standard InChI is InChI=1S/C30H33N5O2S/c1-23(28-10-6-19-38-28)33(2)21-26-20-25(24-8-4-3-5-9-24)11-12-27(26)37-22-29(36)34-15-17-35(18-16-34)30-31-13-7-14-32-30/h3-14,19-20,23H,15-18,21-22H2,1-2H3/t23-/m1/s1. The highest BCUT2D eigenvalue weighted by Crippen LogP contribution is 2.31. The van der Waals surface area contributed by atoms with Gasteiger partial charge in [0.25, 0.3) is 5.91 Å². The molecule has 0 spiro atoms. The number of hydrogen-bond donors (Lipinski definition) is 0. The lowest BCUT2D eigenvalue weighted by Crippen LogP contribution is -2.50. The fourth-order valence-electron chi connectivity index (χ4n) is 4.65. The van der Waals surface area contributed by atoms with Crippen molar-refractivity contribution in [3.05, 3.63) is 94.9 Å². The van der Waals surface area contributed by atoms with Crippen LogP contribution in [-0.4, -0.2) is 65.5 Å². The number of aromatic nitrogens is 2. The van der Waals surface area contributed by atoms with Gasteiger partial charge in [-0.15, -0.1) is 11.3 Å². The van der Waals surface area contributed by atoms with Crippen molar-refractivity contribution in [2.75, 3.05) is 44.7 Å². The Kier molecular flexibility index (Phi) is 8.31. The number of thiophene rings is 1. The molecular weight excluding hydrogens is 494 g/mol. The fraction of sp³-hybridized carbons (Fsp3) is 0.300. The van der Waals surface area contributed by atoms with Crippen LogP contribution in [0.15, 0.2) is 84.5 Å². The SMILES string of the molecule is C[C@H](c1cccs1)N(C)Cc1cc(-c2ccccc2)ccc1OCC(=O)N1CCN(c2ncccn2)CC1. The highest BCUT2D eigenvalue weighted by Gasteiger charge is 2.23. The zero-order chi connectivity index (χ0) is 26.3. The zero-order valence-corrected chi connectivity index (χ0v) is 22.7. The lowest BCUT2D eigenvalue weighted by Gasteiger charge is -2.34. The van der Waals surface area contributed by atoms with E-state index in [2.05, 4.69) is 75.5 Å². The van der Waals surface area contributed by atoms with Crippen LogP contribution in [0.1, 0.15) is 23.4 Å². The van der Waals surface area contributed by atoms with E-state index < -0.39 is 0 Å². The summed E-state index contributed by atoms with van der Waals surface area (Å²) >= 11 is 1.77. The number of carbonyl (C=O) groups excluding carboxylic acids is 1. The molecule has 38 heavy (non-hydrogen) atoms.